The lowest BCUT2D eigenvalue weighted by Gasteiger charge is -2.04. The molecule has 0 radical (unpaired) electrons. The molecule has 0 aliphatic heterocycles. The van der Waals surface area contributed by atoms with Gasteiger partial charge in [-0.1, -0.05) is 30.3 Å². The van der Waals surface area contributed by atoms with E-state index in [2.05, 4.69) is 10.1 Å². The summed E-state index contributed by atoms with van der Waals surface area (Å²) in [7, 11) is 0. The number of rotatable bonds is 6. The fourth-order valence-corrected chi connectivity index (χ4v) is 3.33. The second-order valence-corrected chi connectivity index (χ2v) is 6.46. The van der Waals surface area contributed by atoms with Crippen LogP contribution in [0.2, 0.25) is 0 Å². The summed E-state index contributed by atoms with van der Waals surface area (Å²) in [5, 5.41) is 17.7. The van der Waals surface area contributed by atoms with Crippen molar-refractivity contribution in [2.45, 2.75) is 27.0 Å². The van der Waals surface area contributed by atoms with Gasteiger partial charge >= 0.3 is 11.7 Å². The summed E-state index contributed by atoms with van der Waals surface area (Å²) in [6, 6.07) is 9.73. The van der Waals surface area contributed by atoms with Crippen molar-refractivity contribution in [1.29, 1.82) is 0 Å². The van der Waals surface area contributed by atoms with Crippen molar-refractivity contribution in [3.8, 4) is 10.6 Å². The number of benzene rings is 1. The summed E-state index contributed by atoms with van der Waals surface area (Å²) >= 11 is 1.47. The third-order valence-electron chi connectivity index (χ3n) is 3.76. The van der Waals surface area contributed by atoms with E-state index in [9.17, 15) is 14.9 Å². The molecule has 9 heteroatoms. The van der Waals surface area contributed by atoms with E-state index in [0.717, 1.165) is 10.6 Å². The molecule has 0 spiro atoms. The Morgan fingerprint density at radius 1 is 1.31 bits per heavy atom. The lowest BCUT2D eigenvalue weighted by atomic mass is 10.2. The largest absolute Gasteiger partial charge is 0.458 e. The van der Waals surface area contributed by atoms with Crippen molar-refractivity contribution in [2.24, 2.45) is 0 Å². The number of hydrogen-bond acceptors (Lipinski definition) is 7. The Morgan fingerprint density at radius 3 is 2.69 bits per heavy atom. The van der Waals surface area contributed by atoms with Gasteiger partial charge in [0, 0.05) is 10.9 Å². The Bertz CT molecular complexity index is 949. The SMILES string of the molecule is Cc1nn(CC(=O)OCc2csc(-c3ccccc3)n2)c(C)c1[N+](=O)[O-]. The molecule has 0 aliphatic carbocycles. The first kappa shape index (κ1) is 17.7. The van der Waals surface area contributed by atoms with Crippen LogP contribution in [0.1, 0.15) is 17.1 Å². The van der Waals surface area contributed by atoms with E-state index in [1.54, 1.807) is 6.92 Å². The van der Waals surface area contributed by atoms with Crippen LogP contribution in [0.3, 0.4) is 0 Å². The minimum Gasteiger partial charge on any atom is -0.458 e. The molecule has 3 aromatic rings. The molecule has 0 N–H and O–H groups in total. The Hall–Kier alpha value is -3.07. The second-order valence-electron chi connectivity index (χ2n) is 5.60. The van der Waals surface area contributed by atoms with Crippen molar-refractivity contribution in [3.05, 3.63) is 62.9 Å². The number of esters is 1. The van der Waals surface area contributed by atoms with E-state index in [0.29, 0.717) is 11.4 Å². The van der Waals surface area contributed by atoms with E-state index >= 15 is 0 Å². The van der Waals surface area contributed by atoms with Crippen molar-refractivity contribution in [2.75, 3.05) is 0 Å². The van der Waals surface area contributed by atoms with Gasteiger partial charge in [-0.25, -0.2) is 4.98 Å². The zero-order valence-electron chi connectivity index (χ0n) is 14.2. The molecule has 8 nitrogen and oxygen atoms in total. The number of ether oxygens (including phenoxy) is 1. The predicted octanol–water partition coefficient (Wildman–Crippen LogP) is 3.28. The standard InChI is InChI=1S/C17H16N4O4S/c1-11-16(21(23)24)12(2)20(19-11)8-15(22)25-9-14-10-26-17(18-14)13-6-4-3-5-7-13/h3-7,10H,8-9H2,1-2H3. The van der Waals surface area contributed by atoms with Crippen LogP contribution in [0, 0.1) is 24.0 Å². The molecule has 0 unspecified atom stereocenters. The molecule has 0 amide bonds. The van der Waals surface area contributed by atoms with E-state index < -0.39 is 10.9 Å². The zero-order valence-corrected chi connectivity index (χ0v) is 15.0. The highest BCUT2D eigenvalue weighted by atomic mass is 32.1. The van der Waals surface area contributed by atoms with Gasteiger partial charge in [0.05, 0.1) is 10.6 Å². The van der Waals surface area contributed by atoms with Crippen LogP contribution < -0.4 is 0 Å². The summed E-state index contributed by atoms with van der Waals surface area (Å²) in [5.74, 6) is -0.528. The summed E-state index contributed by atoms with van der Waals surface area (Å²) in [6.07, 6.45) is 0. The molecule has 0 fully saturated rings. The van der Waals surface area contributed by atoms with Gasteiger partial charge in [-0.3, -0.25) is 19.6 Å². The summed E-state index contributed by atoms with van der Waals surface area (Å²) in [6.45, 7) is 2.95. The highest BCUT2D eigenvalue weighted by Crippen LogP contribution is 2.24. The Balaban J connectivity index is 1.61. The van der Waals surface area contributed by atoms with Gasteiger partial charge in [0.15, 0.2) is 0 Å². The topological polar surface area (TPSA) is 100 Å². The van der Waals surface area contributed by atoms with E-state index in [1.165, 1.54) is 22.9 Å². The molecule has 0 saturated carbocycles. The first-order valence-electron chi connectivity index (χ1n) is 7.79. The molecule has 134 valence electrons. The first-order valence-corrected chi connectivity index (χ1v) is 8.67. The lowest BCUT2D eigenvalue weighted by Crippen LogP contribution is -2.15. The fourth-order valence-electron chi connectivity index (χ4n) is 2.51. The van der Waals surface area contributed by atoms with Crippen molar-refractivity contribution < 1.29 is 14.5 Å². The summed E-state index contributed by atoms with van der Waals surface area (Å²) in [5.41, 5.74) is 2.17. The average Bonchev–Trinajstić information content (AvgIpc) is 3.19. The van der Waals surface area contributed by atoms with Crippen molar-refractivity contribution in [1.82, 2.24) is 14.8 Å². The number of nitrogens with zero attached hydrogens (tertiary/aromatic N) is 4. The van der Waals surface area contributed by atoms with Crippen LogP contribution in [0.15, 0.2) is 35.7 Å². The smallest absolute Gasteiger partial charge is 0.328 e. The highest BCUT2D eigenvalue weighted by molar-refractivity contribution is 7.13. The molecule has 3 rings (SSSR count). The molecule has 0 saturated heterocycles. The monoisotopic (exact) mass is 372 g/mol. The van der Waals surface area contributed by atoms with E-state index in [4.69, 9.17) is 4.74 Å². The maximum Gasteiger partial charge on any atom is 0.328 e. The minimum absolute atomic E-state index is 0.0452. The number of aromatic nitrogens is 3. The van der Waals surface area contributed by atoms with Gasteiger partial charge in [-0.05, 0) is 13.8 Å². The average molecular weight is 372 g/mol. The van der Waals surface area contributed by atoms with Gasteiger partial charge in [-0.2, -0.15) is 5.10 Å². The Labute approximate surface area is 153 Å². The quantitative estimate of drug-likeness (QED) is 0.374. The van der Waals surface area contributed by atoms with E-state index in [1.807, 2.05) is 35.7 Å². The molecule has 0 atom stereocenters. The van der Waals surface area contributed by atoms with Crippen molar-refractivity contribution in [3.63, 3.8) is 0 Å². The van der Waals surface area contributed by atoms with Gasteiger partial charge in [0.2, 0.25) is 0 Å². The normalized spacial score (nSPS) is 10.7. The molecule has 0 aliphatic rings. The maximum atomic E-state index is 12.0. The molecule has 0 bridgehead atoms. The van der Waals surface area contributed by atoms with Crippen LogP contribution in [-0.2, 0) is 22.7 Å². The zero-order chi connectivity index (χ0) is 18.7. The third kappa shape index (κ3) is 3.77. The predicted molar refractivity (Wildman–Crippen MR) is 95.7 cm³/mol. The molecule has 2 aromatic heterocycles. The molecule has 26 heavy (non-hydrogen) atoms. The molecular weight excluding hydrogens is 356 g/mol. The van der Waals surface area contributed by atoms with Crippen LogP contribution >= 0.6 is 11.3 Å². The van der Waals surface area contributed by atoms with Crippen molar-refractivity contribution >= 4 is 23.0 Å². The Morgan fingerprint density at radius 2 is 2.04 bits per heavy atom. The summed E-state index contributed by atoms with van der Waals surface area (Å²) in [4.78, 5) is 27.0. The Kier molecular flexibility index (Phi) is 5.08. The third-order valence-corrected chi connectivity index (χ3v) is 4.70. The second kappa shape index (κ2) is 7.44. The number of nitro groups is 1. The number of hydrogen-bond donors (Lipinski definition) is 0. The van der Waals surface area contributed by atoms with Gasteiger partial charge < -0.3 is 4.74 Å². The number of carbonyl (C=O) groups excluding carboxylic acids is 1. The number of carbonyl (C=O) groups is 1. The molecular formula is C17H16N4O4S. The fraction of sp³-hybridized carbons (Fsp3) is 0.235. The van der Waals surface area contributed by atoms with E-state index in [-0.39, 0.29) is 24.5 Å². The van der Waals surface area contributed by atoms with Gasteiger partial charge in [0.25, 0.3) is 0 Å². The van der Waals surface area contributed by atoms with Crippen LogP contribution in [0.4, 0.5) is 5.69 Å². The van der Waals surface area contributed by atoms with Crippen LogP contribution in [0.25, 0.3) is 10.6 Å². The number of aryl methyl sites for hydroxylation is 1. The van der Waals surface area contributed by atoms with Gasteiger partial charge in [0.1, 0.15) is 29.5 Å². The highest BCUT2D eigenvalue weighted by Gasteiger charge is 2.23. The minimum atomic E-state index is -0.528. The number of thiazole rings is 1. The van der Waals surface area contributed by atoms with Gasteiger partial charge in [-0.15, -0.1) is 11.3 Å². The maximum absolute atomic E-state index is 12.0. The molecule has 2 heterocycles. The summed E-state index contributed by atoms with van der Waals surface area (Å²) < 4.78 is 6.50. The lowest BCUT2D eigenvalue weighted by molar-refractivity contribution is -0.386. The first-order chi connectivity index (χ1) is 12.5. The van der Waals surface area contributed by atoms with Crippen LogP contribution in [-0.4, -0.2) is 25.7 Å². The molecule has 1 aromatic carbocycles. The van der Waals surface area contributed by atoms with Crippen LogP contribution in [0.5, 0.6) is 0 Å².